The van der Waals surface area contributed by atoms with Crippen molar-refractivity contribution < 1.29 is 32.2 Å². The molecule has 3 aromatic rings. The van der Waals surface area contributed by atoms with Gasteiger partial charge in [0.05, 0.1) is 12.0 Å². The number of carbonyl (C=O) groups is 2. The monoisotopic (exact) mass is 561 g/mol. The zero-order valence-corrected chi connectivity index (χ0v) is 23.4. The first-order chi connectivity index (χ1) is 18.0. The van der Waals surface area contributed by atoms with Crippen molar-refractivity contribution in [2.24, 2.45) is 5.14 Å². The van der Waals surface area contributed by atoms with Gasteiger partial charge in [0.2, 0.25) is 5.88 Å². The molecule has 2 heterocycles. The number of hydrogen-bond donors (Lipinski definition) is 2. The van der Waals surface area contributed by atoms with Gasteiger partial charge in [-0.1, -0.05) is 13.8 Å². The van der Waals surface area contributed by atoms with E-state index in [1.807, 2.05) is 13.8 Å². The number of aromatic nitrogens is 3. The Bertz CT molecular complexity index is 1510. The Morgan fingerprint density at radius 1 is 1.21 bits per heavy atom. The molecule has 11 nitrogen and oxygen atoms in total. The van der Waals surface area contributed by atoms with Crippen LogP contribution in [-0.2, 0) is 26.8 Å². The fourth-order valence-corrected chi connectivity index (χ4v) is 4.56. The molecule has 0 radical (unpaired) electrons. The molecule has 2 aromatic heterocycles. The Labute approximate surface area is 226 Å². The molecule has 0 atom stereocenters. The summed E-state index contributed by atoms with van der Waals surface area (Å²) in [5.74, 6) is -1.98. The lowest BCUT2D eigenvalue weighted by Gasteiger charge is -2.27. The van der Waals surface area contributed by atoms with E-state index < -0.39 is 38.3 Å². The van der Waals surface area contributed by atoms with Crippen LogP contribution in [0.25, 0.3) is 11.1 Å². The van der Waals surface area contributed by atoms with Crippen LogP contribution < -0.4 is 9.88 Å². The molecule has 0 spiro atoms. The van der Waals surface area contributed by atoms with Crippen molar-refractivity contribution in [1.82, 2.24) is 19.7 Å². The van der Waals surface area contributed by atoms with Gasteiger partial charge >= 0.3 is 5.97 Å². The number of carboxylic acid groups (broad SMARTS) is 1. The van der Waals surface area contributed by atoms with E-state index in [-0.39, 0.29) is 30.5 Å². The standard InChI is InChI=1S/C26H32FN5O6S/c1-15(2)18-10-17(27)11-19(20(18)12-24(33)34)16-7-8-29-22(9-16)38-14-26(3,4)32-21(25(35)31(5)6)13-23(30-32)39(28,36)37/h7-11,13,15H,12,14H2,1-6H3,(H,33,34)(H2,28,36,37). The highest BCUT2D eigenvalue weighted by molar-refractivity contribution is 7.89. The van der Waals surface area contributed by atoms with E-state index in [4.69, 9.17) is 9.88 Å². The maximum absolute atomic E-state index is 14.5. The van der Waals surface area contributed by atoms with E-state index in [1.165, 1.54) is 42.0 Å². The second kappa shape index (κ2) is 11.1. The van der Waals surface area contributed by atoms with E-state index in [0.29, 0.717) is 22.3 Å². The first-order valence-electron chi connectivity index (χ1n) is 12.0. The predicted molar refractivity (Wildman–Crippen MR) is 141 cm³/mol. The minimum Gasteiger partial charge on any atom is -0.481 e. The largest absolute Gasteiger partial charge is 0.481 e. The minimum atomic E-state index is -4.18. The summed E-state index contributed by atoms with van der Waals surface area (Å²) in [6.07, 6.45) is 1.17. The number of benzene rings is 1. The van der Waals surface area contributed by atoms with Crippen molar-refractivity contribution in [3.8, 4) is 17.0 Å². The van der Waals surface area contributed by atoms with E-state index in [2.05, 4.69) is 10.1 Å². The first kappa shape index (κ1) is 29.7. The maximum atomic E-state index is 14.5. The first-order valence-corrected chi connectivity index (χ1v) is 13.5. The van der Waals surface area contributed by atoms with E-state index in [1.54, 1.807) is 26.0 Å². The van der Waals surface area contributed by atoms with Crippen LogP contribution in [0, 0.1) is 5.82 Å². The molecule has 210 valence electrons. The number of carbonyl (C=O) groups excluding carboxylic acids is 1. The van der Waals surface area contributed by atoms with E-state index in [9.17, 15) is 27.5 Å². The topological polar surface area (TPSA) is 158 Å². The van der Waals surface area contributed by atoms with Gasteiger partial charge in [0, 0.05) is 32.4 Å². The van der Waals surface area contributed by atoms with Crippen LogP contribution in [0.3, 0.4) is 0 Å². The van der Waals surface area contributed by atoms with Gasteiger partial charge in [-0.25, -0.2) is 27.6 Å². The zero-order valence-electron chi connectivity index (χ0n) is 22.6. The summed E-state index contributed by atoms with van der Waals surface area (Å²) < 4.78 is 45.6. The lowest BCUT2D eigenvalue weighted by atomic mass is 9.88. The quantitative estimate of drug-likeness (QED) is 0.382. The molecule has 0 saturated heterocycles. The highest BCUT2D eigenvalue weighted by Gasteiger charge is 2.32. The van der Waals surface area contributed by atoms with Gasteiger partial charge in [0.15, 0.2) is 5.03 Å². The molecular weight excluding hydrogens is 529 g/mol. The number of sulfonamides is 1. The third kappa shape index (κ3) is 6.79. The molecule has 0 bridgehead atoms. The fourth-order valence-electron chi connectivity index (χ4n) is 4.09. The Hall–Kier alpha value is -3.84. The van der Waals surface area contributed by atoms with Crippen molar-refractivity contribution >= 4 is 21.9 Å². The van der Waals surface area contributed by atoms with Gasteiger partial charge in [-0.05, 0) is 60.2 Å². The second-order valence-corrected chi connectivity index (χ2v) is 11.8. The lowest BCUT2D eigenvalue weighted by Crippen LogP contribution is -2.38. The number of carboxylic acids is 1. The molecule has 0 saturated carbocycles. The number of hydrogen-bond acceptors (Lipinski definition) is 7. The Kier molecular flexibility index (Phi) is 8.46. The summed E-state index contributed by atoms with van der Waals surface area (Å²) in [7, 11) is -1.14. The molecule has 1 amide bonds. The Morgan fingerprint density at radius 2 is 1.87 bits per heavy atom. The number of ether oxygens (including phenoxy) is 1. The molecule has 39 heavy (non-hydrogen) atoms. The highest BCUT2D eigenvalue weighted by Crippen LogP contribution is 2.33. The van der Waals surface area contributed by atoms with Crippen molar-refractivity contribution in [2.45, 2.75) is 50.6 Å². The van der Waals surface area contributed by atoms with Crippen LogP contribution in [0.15, 0.2) is 41.6 Å². The molecule has 3 N–H and O–H groups in total. The zero-order chi connectivity index (χ0) is 29.3. The van der Waals surface area contributed by atoms with Gasteiger partial charge < -0.3 is 14.7 Å². The number of nitrogens with zero attached hydrogens (tertiary/aromatic N) is 4. The summed E-state index contributed by atoms with van der Waals surface area (Å²) >= 11 is 0. The number of halogens is 1. The number of rotatable bonds is 10. The Balaban J connectivity index is 1.99. The van der Waals surface area contributed by atoms with Crippen molar-refractivity contribution in [3.05, 3.63) is 59.2 Å². The normalized spacial score (nSPS) is 12.0. The van der Waals surface area contributed by atoms with Gasteiger partial charge in [-0.3, -0.25) is 9.59 Å². The fraction of sp³-hybridized carbons (Fsp3) is 0.385. The number of amides is 1. The summed E-state index contributed by atoms with van der Waals surface area (Å²) in [5.41, 5.74) is 0.967. The average Bonchev–Trinajstić information content (AvgIpc) is 3.30. The lowest BCUT2D eigenvalue weighted by molar-refractivity contribution is -0.136. The molecular formula is C26H32FN5O6S. The van der Waals surface area contributed by atoms with Crippen LogP contribution in [0.5, 0.6) is 5.88 Å². The van der Waals surface area contributed by atoms with Gasteiger partial charge in [0.25, 0.3) is 15.9 Å². The summed E-state index contributed by atoms with van der Waals surface area (Å²) in [6.45, 7) is 7.01. The molecule has 0 aliphatic heterocycles. The van der Waals surface area contributed by atoms with Gasteiger partial charge in [-0.15, -0.1) is 0 Å². The number of primary sulfonamides is 1. The van der Waals surface area contributed by atoms with Gasteiger partial charge in [-0.2, -0.15) is 5.10 Å². The summed E-state index contributed by atoms with van der Waals surface area (Å²) in [5, 5.41) is 18.3. The predicted octanol–water partition coefficient (Wildman–Crippen LogP) is 3.00. The van der Waals surface area contributed by atoms with Gasteiger partial charge in [0.1, 0.15) is 18.1 Å². The average molecular weight is 562 g/mol. The number of aliphatic carboxylic acids is 1. The highest BCUT2D eigenvalue weighted by atomic mass is 32.2. The molecule has 0 fully saturated rings. The van der Waals surface area contributed by atoms with Crippen molar-refractivity contribution in [1.29, 1.82) is 0 Å². The maximum Gasteiger partial charge on any atom is 0.307 e. The third-order valence-electron chi connectivity index (χ3n) is 6.00. The molecule has 3 rings (SSSR count). The summed E-state index contributed by atoms with van der Waals surface area (Å²) in [6, 6.07) is 6.93. The minimum absolute atomic E-state index is 0.00128. The molecule has 0 unspecified atom stereocenters. The van der Waals surface area contributed by atoms with Crippen LogP contribution in [-0.4, -0.2) is 65.8 Å². The van der Waals surface area contributed by atoms with Crippen LogP contribution in [0.4, 0.5) is 4.39 Å². The van der Waals surface area contributed by atoms with E-state index >= 15 is 0 Å². The molecule has 0 aliphatic rings. The van der Waals surface area contributed by atoms with Crippen molar-refractivity contribution in [3.63, 3.8) is 0 Å². The third-order valence-corrected chi connectivity index (χ3v) is 6.78. The SMILES string of the molecule is CC(C)c1cc(F)cc(-c2ccnc(OCC(C)(C)n3nc(S(N)(=O)=O)cc3C(=O)N(C)C)c2)c1CC(=O)O. The number of nitrogens with two attached hydrogens (primary N) is 1. The van der Waals surface area contributed by atoms with Crippen LogP contribution in [0.2, 0.25) is 0 Å². The molecule has 13 heteroatoms. The van der Waals surface area contributed by atoms with Crippen LogP contribution >= 0.6 is 0 Å². The van der Waals surface area contributed by atoms with E-state index in [0.717, 1.165) is 6.07 Å². The van der Waals surface area contributed by atoms with Crippen LogP contribution in [0.1, 0.15) is 55.2 Å². The molecule has 1 aromatic carbocycles. The summed E-state index contributed by atoms with van der Waals surface area (Å²) in [4.78, 5) is 29.8. The second-order valence-electron chi connectivity index (χ2n) is 10.3. The Morgan fingerprint density at radius 3 is 2.44 bits per heavy atom. The smallest absolute Gasteiger partial charge is 0.307 e. The van der Waals surface area contributed by atoms with Crippen molar-refractivity contribution in [2.75, 3.05) is 20.7 Å². The number of pyridine rings is 1. The molecule has 0 aliphatic carbocycles.